The maximum absolute atomic E-state index is 11.5. The fraction of sp³-hybridized carbons (Fsp3) is 0.462. The third-order valence-corrected chi connectivity index (χ3v) is 4.25. The van der Waals surface area contributed by atoms with Crippen LogP contribution >= 0.6 is 23.4 Å². The monoisotopic (exact) mass is 284 g/mol. The van der Waals surface area contributed by atoms with Gasteiger partial charge in [0.05, 0.1) is 6.54 Å². The van der Waals surface area contributed by atoms with E-state index < -0.39 is 0 Å². The van der Waals surface area contributed by atoms with Crippen LogP contribution in [0.1, 0.15) is 24.9 Å². The van der Waals surface area contributed by atoms with Crippen molar-refractivity contribution >= 4 is 29.3 Å². The summed E-state index contributed by atoms with van der Waals surface area (Å²) < 4.78 is 0. The highest BCUT2D eigenvalue weighted by Crippen LogP contribution is 2.37. The molecule has 1 heterocycles. The lowest BCUT2D eigenvalue weighted by Gasteiger charge is -2.26. The zero-order valence-electron chi connectivity index (χ0n) is 10.3. The van der Waals surface area contributed by atoms with E-state index in [9.17, 15) is 4.79 Å². The molecule has 5 heteroatoms. The Hall–Kier alpha value is -0.710. The maximum atomic E-state index is 11.5. The first kappa shape index (κ1) is 13.7. The van der Waals surface area contributed by atoms with Crippen molar-refractivity contribution in [3.8, 4) is 0 Å². The molecule has 0 saturated carbocycles. The van der Waals surface area contributed by atoms with Crippen LogP contribution in [0.25, 0.3) is 0 Å². The predicted octanol–water partition coefficient (Wildman–Crippen LogP) is 2.60. The standard InChI is InChI=1S/C13H17ClN2OS/c1-2-15-13(17)8-16-11-5-6-18-12-4-3-9(14)7-10(11)12/h3-4,7,11,16H,2,5-6,8H2,1H3,(H,15,17). The number of benzene rings is 1. The van der Waals surface area contributed by atoms with E-state index >= 15 is 0 Å². The summed E-state index contributed by atoms with van der Waals surface area (Å²) in [7, 11) is 0. The molecule has 3 nitrogen and oxygen atoms in total. The van der Waals surface area contributed by atoms with Crippen molar-refractivity contribution in [2.75, 3.05) is 18.8 Å². The molecule has 0 radical (unpaired) electrons. The van der Waals surface area contributed by atoms with Gasteiger partial charge in [0.15, 0.2) is 0 Å². The first-order valence-corrected chi connectivity index (χ1v) is 7.49. The minimum atomic E-state index is 0.0410. The molecule has 0 saturated heterocycles. The van der Waals surface area contributed by atoms with Crippen molar-refractivity contribution in [1.29, 1.82) is 0 Å². The number of amides is 1. The summed E-state index contributed by atoms with van der Waals surface area (Å²) in [6, 6.07) is 6.20. The smallest absolute Gasteiger partial charge is 0.233 e. The number of hydrogen-bond donors (Lipinski definition) is 2. The van der Waals surface area contributed by atoms with E-state index in [0.29, 0.717) is 13.1 Å². The van der Waals surface area contributed by atoms with Crippen molar-refractivity contribution in [2.45, 2.75) is 24.3 Å². The Morgan fingerprint density at radius 1 is 1.56 bits per heavy atom. The van der Waals surface area contributed by atoms with E-state index in [1.807, 2.05) is 30.8 Å². The van der Waals surface area contributed by atoms with E-state index in [0.717, 1.165) is 17.2 Å². The highest BCUT2D eigenvalue weighted by atomic mass is 35.5. The van der Waals surface area contributed by atoms with Gasteiger partial charge >= 0.3 is 0 Å². The van der Waals surface area contributed by atoms with Gasteiger partial charge in [-0.1, -0.05) is 11.6 Å². The third kappa shape index (κ3) is 3.40. The van der Waals surface area contributed by atoms with Crippen molar-refractivity contribution in [2.24, 2.45) is 0 Å². The molecule has 0 aliphatic carbocycles. The number of thioether (sulfide) groups is 1. The molecule has 0 spiro atoms. The van der Waals surface area contributed by atoms with Crippen LogP contribution in [0.3, 0.4) is 0 Å². The zero-order chi connectivity index (χ0) is 13.0. The van der Waals surface area contributed by atoms with Gasteiger partial charge in [-0.05, 0) is 42.9 Å². The van der Waals surface area contributed by atoms with Gasteiger partial charge in [-0.2, -0.15) is 0 Å². The maximum Gasteiger partial charge on any atom is 0.233 e. The van der Waals surface area contributed by atoms with Gasteiger partial charge in [0.2, 0.25) is 5.91 Å². The molecule has 1 atom stereocenters. The normalized spacial score (nSPS) is 18.2. The Morgan fingerprint density at radius 3 is 3.17 bits per heavy atom. The van der Waals surface area contributed by atoms with E-state index in [2.05, 4.69) is 16.7 Å². The third-order valence-electron chi connectivity index (χ3n) is 2.89. The lowest BCUT2D eigenvalue weighted by Crippen LogP contribution is -2.36. The molecule has 2 N–H and O–H groups in total. The van der Waals surface area contributed by atoms with E-state index in [1.165, 1.54) is 10.5 Å². The van der Waals surface area contributed by atoms with Gasteiger partial charge in [-0.15, -0.1) is 11.8 Å². The quantitative estimate of drug-likeness (QED) is 0.893. The lowest BCUT2D eigenvalue weighted by atomic mass is 10.0. The van der Waals surface area contributed by atoms with Crippen molar-refractivity contribution < 1.29 is 4.79 Å². The van der Waals surface area contributed by atoms with Crippen LogP contribution in [0, 0.1) is 0 Å². The molecule has 1 aliphatic heterocycles. The highest BCUT2D eigenvalue weighted by Gasteiger charge is 2.21. The summed E-state index contributed by atoms with van der Waals surface area (Å²) in [5, 5.41) is 6.84. The van der Waals surface area contributed by atoms with Crippen LogP contribution < -0.4 is 10.6 Å². The van der Waals surface area contributed by atoms with Crippen LogP contribution in [0.15, 0.2) is 23.1 Å². The Bertz CT molecular complexity index is 439. The molecule has 2 rings (SSSR count). The molecule has 18 heavy (non-hydrogen) atoms. The number of likely N-dealkylation sites (N-methyl/N-ethyl adjacent to an activating group) is 1. The van der Waals surface area contributed by atoms with Gasteiger partial charge < -0.3 is 10.6 Å². The summed E-state index contributed by atoms with van der Waals surface area (Å²) >= 11 is 7.88. The topological polar surface area (TPSA) is 41.1 Å². The Morgan fingerprint density at radius 2 is 2.39 bits per heavy atom. The summed E-state index contributed by atoms with van der Waals surface area (Å²) in [5.74, 6) is 1.11. The molecule has 1 aromatic rings. The first-order valence-electron chi connectivity index (χ1n) is 6.13. The van der Waals surface area contributed by atoms with E-state index in [-0.39, 0.29) is 11.9 Å². The second-order valence-electron chi connectivity index (χ2n) is 4.21. The Kier molecular flexibility index (Phi) is 4.92. The zero-order valence-corrected chi connectivity index (χ0v) is 11.9. The number of fused-ring (bicyclic) bond motifs is 1. The van der Waals surface area contributed by atoms with Gasteiger partial charge in [0.25, 0.3) is 0 Å². The molecule has 0 bridgehead atoms. The van der Waals surface area contributed by atoms with Crippen molar-refractivity contribution in [3.63, 3.8) is 0 Å². The van der Waals surface area contributed by atoms with Crippen molar-refractivity contribution in [1.82, 2.24) is 10.6 Å². The van der Waals surface area contributed by atoms with Crippen LogP contribution in [0.2, 0.25) is 5.02 Å². The van der Waals surface area contributed by atoms with Crippen LogP contribution in [0.5, 0.6) is 0 Å². The molecule has 98 valence electrons. The second-order valence-corrected chi connectivity index (χ2v) is 5.78. The van der Waals surface area contributed by atoms with Crippen LogP contribution in [-0.4, -0.2) is 24.7 Å². The van der Waals surface area contributed by atoms with Gasteiger partial charge in [0.1, 0.15) is 0 Å². The predicted molar refractivity (Wildman–Crippen MR) is 76.2 cm³/mol. The van der Waals surface area contributed by atoms with E-state index in [4.69, 9.17) is 11.6 Å². The number of carbonyl (C=O) groups excluding carboxylic acids is 1. The van der Waals surface area contributed by atoms with Gasteiger partial charge in [-0.3, -0.25) is 4.79 Å². The molecule has 1 unspecified atom stereocenters. The molecular formula is C13H17ClN2OS. The number of rotatable bonds is 4. The number of carbonyl (C=O) groups is 1. The highest BCUT2D eigenvalue weighted by molar-refractivity contribution is 7.99. The van der Waals surface area contributed by atoms with Gasteiger partial charge in [-0.25, -0.2) is 0 Å². The largest absolute Gasteiger partial charge is 0.355 e. The SMILES string of the molecule is CCNC(=O)CNC1CCSc2ccc(Cl)cc21. The number of hydrogen-bond acceptors (Lipinski definition) is 3. The molecule has 0 fully saturated rings. The van der Waals surface area contributed by atoms with Crippen LogP contribution in [-0.2, 0) is 4.79 Å². The summed E-state index contributed by atoms with van der Waals surface area (Å²) in [4.78, 5) is 12.7. The minimum Gasteiger partial charge on any atom is -0.355 e. The molecule has 1 aromatic carbocycles. The fourth-order valence-corrected chi connectivity index (χ4v) is 3.34. The Balaban J connectivity index is 2.03. The van der Waals surface area contributed by atoms with Crippen LogP contribution in [0.4, 0.5) is 0 Å². The number of halogens is 1. The van der Waals surface area contributed by atoms with Gasteiger partial charge in [0, 0.05) is 22.5 Å². The summed E-state index contributed by atoms with van der Waals surface area (Å²) in [5.41, 5.74) is 1.21. The van der Waals surface area contributed by atoms with Crippen molar-refractivity contribution in [3.05, 3.63) is 28.8 Å². The number of nitrogens with one attached hydrogen (secondary N) is 2. The molecule has 0 aromatic heterocycles. The fourth-order valence-electron chi connectivity index (χ4n) is 2.05. The average Bonchev–Trinajstić information content (AvgIpc) is 2.36. The second kappa shape index (κ2) is 6.45. The molecular weight excluding hydrogens is 268 g/mol. The molecule has 1 amide bonds. The summed E-state index contributed by atoms with van der Waals surface area (Å²) in [6.07, 6.45) is 1.03. The molecule has 1 aliphatic rings. The first-order chi connectivity index (χ1) is 8.70. The summed E-state index contributed by atoms with van der Waals surface area (Å²) in [6.45, 7) is 2.95. The Labute approximate surface area is 117 Å². The van der Waals surface area contributed by atoms with E-state index in [1.54, 1.807) is 0 Å². The minimum absolute atomic E-state index is 0.0410. The lowest BCUT2D eigenvalue weighted by molar-refractivity contribution is -0.120. The average molecular weight is 285 g/mol.